The van der Waals surface area contributed by atoms with Crippen LogP contribution in [-0.4, -0.2) is 9.49 Å². The van der Waals surface area contributed by atoms with E-state index in [-0.39, 0.29) is 16.5 Å². The van der Waals surface area contributed by atoms with Crippen LogP contribution in [0.1, 0.15) is 5.56 Å². The van der Waals surface area contributed by atoms with Crippen molar-refractivity contribution in [2.75, 3.05) is 0 Å². The van der Waals surface area contributed by atoms with Crippen LogP contribution in [0.5, 0.6) is 0 Å². The van der Waals surface area contributed by atoms with Crippen LogP contribution in [0.4, 0.5) is 5.69 Å². The van der Waals surface area contributed by atoms with Crippen LogP contribution in [-0.2, 0) is 7.05 Å². The second-order valence-corrected chi connectivity index (χ2v) is 3.68. The molecule has 16 heavy (non-hydrogen) atoms. The Labute approximate surface area is 91.1 Å². The van der Waals surface area contributed by atoms with Crippen molar-refractivity contribution in [1.29, 1.82) is 0 Å². The number of rotatable bonds is 1. The largest absolute Gasteiger partial charge is 0.350 e. The van der Waals surface area contributed by atoms with Gasteiger partial charge in [-0.15, -0.1) is 0 Å². The second kappa shape index (κ2) is 3.44. The molecule has 82 valence electrons. The van der Waals surface area contributed by atoms with Gasteiger partial charge in [0.15, 0.2) is 5.43 Å². The summed E-state index contributed by atoms with van der Waals surface area (Å²) in [5.74, 6) is 0. The number of fused-ring (bicyclic) bond motifs is 1. The second-order valence-electron chi connectivity index (χ2n) is 3.68. The fraction of sp³-hybridized carbons (Fsp3) is 0.182. The first-order valence-corrected chi connectivity index (χ1v) is 4.75. The standard InChI is InChI=1S/C11H10N2O3/c1-7-6-12(2)8-4-3-5-9(13(15)16)10(8)11(7)14/h3-6H,1-2H3. The fourth-order valence-corrected chi connectivity index (χ4v) is 1.82. The zero-order chi connectivity index (χ0) is 11.9. The van der Waals surface area contributed by atoms with Crippen molar-refractivity contribution >= 4 is 16.6 Å². The van der Waals surface area contributed by atoms with Gasteiger partial charge in [-0.3, -0.25) is 14.9 Å². The summed E-state index contributed by atoms with van der Waals surface area (Å²) in [5.41, 5.74) is 0.663. The number of non-ortho nitro benzene ring substituents is 1. The molecule has 0 spiro atoms. The third-order valence-electron chi connectivity index (χ3n) is 2.57. The molecule has 0 bridgehead atoms. The smallest absolute Gasteiger partial charge is 0.282 e. The van der Waals surface area contributed by atoms with Gasteiger partial charge in [-0.05, 0) is 13.0 Å². The molecule has 0 amide bonds. The van der Waals surface area contributed by atoms with E-state index in [1.165, 1.54) is 6.07 Å². The summed E-state index contributed by atoms with van der Waals surface area (Å²) in [6, 6.07) is 4.63. The number of aromatic nitrogens is 1. The molecule has 0 aliphatic heterocycles. The molecule has 0 unspecified atom stereocenters. The van der Waals surface area contributed by atoms with E-state index < -0.39 is 4.92 Å². The van der Waals surface area contributed by atoms with Gasteiger partial charge in [0.2, 0.25) is 0 Å². The minimum absolute atomic E-state index is 0.137. The summed E-state index contributed by atoms with van der Waals surface area (Å²) < 4.78 is 1.72. The van der Waals surface area contributed by atoms with E-state index in [2.05, 4.69) is 0 Å². The van der Waals surface area contributed by atoms with Crippen LogP contribution in [0.3, 0.4) is 0 Å². The van der Waals surface area contributed by atoms with E-state index in [4.69, 9.17) is 0 Å². The molecule has 0 fully saturated rings. The molecule has 2 rings (SSSR count). The van der Waals surface area contributed by atoms with Crippen LogP contribution in [0, 0.1) is 17.0 Å². The number of aryl methyl sites for hydroxylation is 2. The first-order chi connectivity index (χ1) is 7.52. The van der Waals surface area contributed by atoms with Crippen LogP contribution in [0.25, 0.3) is 10.9 Å². The van der Waals surface area contributed by atoms with Crippen molar-refractivity contribution in [3.05, 3.63) is 50.3 Å². The van der Waals surface area contributed by atoms with Gasteiger partial charge < -0.3 is 4.57 Å². The van der Waals surface area contributed by atoms with Crippen molar-refractivity contribution in [2.45, 2.75) is 6.92 Å². The highest BCUT2D eigenvalue weighted by Gasteiger charge is 2.16. The Bertz CT molecular complexity index is 643. The number of benzene rings is 1. The average molecular weight is 218 g/mol. The SMILES string of the molecule is Cc1cn(C)c2cccc([N+](=O)[O-])c2c1=O. The van der Waals surface area contributed by atoms with Gasteiger partial charge in [0.05, 0.1) is 10.4 Å². The van der Waals surface area contributed by atoms with E-state index in [1.807, 2.05) is 0 Å². The molecule has 5 nitrogen and oxygen atoms in total. The highest BCUT2D eigenvalue weighted by Crippen LogP contribution is 2.21. The quantitative estimate of drug-likeness (QED) is 0.541. The number of hydrogen-bond acceptors (Lipinski definition) is 3. The molecule has 0 saturated carbocycles. The molecule has 0 atom stereocenters. The monoisotopic (exact) mass is 218 g/mol. The predicted molar refractivity (Wildman–Crippen MR) is 60.6 cm³/mol. The average Bonchev–Trinajstić information content (AvgIpc) is 2.25. The number of nitrogens with zero attached hydrogens (tertiary/aromatic N) is 2. The molecular formula is C11H10N2O3. The van der Waals surface area contributed by atoms with Crippen LogP contribution >= 0.6 is 0 Å². The maximum atomic E-state index is 11.9. The molecule has 0 saturated heterocycles. The van der Waals surface area contributed by atoms with Crippen molar-refractivity contribution in [3.8, 4) is 0 Å². The Balaban J connectivity index is 3.07. The zero-order valence-electron chi connectivity index (χ0n) is 8.93. The minimum Gasteiger partial charge on any atom is -0.350 e. The van der Waals surface area contributed by atoms with Gasteiger partial charge in [0.1, 0.15) is 5.39 Å². The summed E-state index contributed by atoms with van der Waals surface area (Å²) in [6.07, 6.45) is 1.67. The first kappa shape index (κ1) is 10.4. The predicted octanol–water partition coefficient (Wildman–Crippen LogP) is 1.76. The molecule has 5 heteroatoms. The molecule has 2 aromatic rings. The first-order valence-electron chi connectivity index (χ1n) is 4.75. The molecule has 0 radical (unpaired) electrons. The summed E-state index contributed by atoms with van der Waals surface area (Å²) in [4.78, 5) is 22.2. The van der Waals surface area contributed by atoms with Gasteiger partial charge in [-0.1, -0.05) is 6.07 Å². The lowest BCUT2D eigenvalue weighted by Gasteiger charge is -2.06. The summed E-state index contributed by atoms with van der Waals surface area (Å²) in [7, 11) is 1.76. The van der Waals surface area contributed by atoms with Gasteiger partial charge in [0, 0.05) is 24.9 Å². The van der Waals surface area contributed by atoms with Crippen LogP contribution in [0.15, 0.2) is 29.2 Å². The normalized spacial score (nSPS) is 10.6. The van der Waals surface area contributed by atoms with Gasteiger partial charge in [-0.25, -0.2) is 0 Å². The number of hydrogen-bond donors (Lipinski definition) is 0. The minimum atomic E-state index is -0.525. The highest BCUT2D eigenvalue weighted by molar-refractivity contribution is 5.88. The summed E-state index contributed by atoms with van der Waals surface area (Å²) in [6.45, 7) is 1.65. The lowest BCUT2D eigenvalue weighted by Crippen LogP contribution is -2.12. The topological polar surface area (TPSA) is 65.1 Å². The Hall–Kier alpha value is -2.17. The van der Waals surface area contributed by atoms with Crippen molar-refractivity contribution in [3.63, 3.8) is 0 Å². The third-order valence-corrected chi connectivity index (χ3v) is 2.57. The van der Waals surface area contributed by atoms with Crippen molar-refractivity contribution < 1.29 is 4.92 Å². The van der Waals surface area contributed by atoms with Crippen molar-refractivity contribution in [2.24, 2.45) is 7.05 Å². The van der Waals surface area contributed by atoms with Crippen LogP contribution in [0.2, 0.25) is 0 Å². The number of nitro benzene ring substituents is 1. The van der Waals surface area contributed by atoms with E-state index in [0.717, 1.165) is 0 Å². The Morgan fingerprint density at radius 3 is 2.69 bits per heavy atom. The maximum absolute atomic E-state index is 11.9. The fourth-order valence-electron chi connectivity index (χ4n) is 1.82. The molecule has 0 aliphatic carbocycles. The van der Waals surface area contributed by atoms with E-state index in [9.17, 15) is 14.9 Å². The van der Waals surface area contributed by atoms with E-state index in [0.29, 0.717) is 11.1 Å². The van der Waals surface area contributed by atoms with E-state index in [1.54, 1.807) is 36.9 Å². The number of nitro groups is 1. The molecule has 1 aromatic carbocycles. The maximum Gasteiger partial charge on any atom is 0.282 e. The van der Waals surface area contributed by atoms with Gasteiger partial charge in [-0.2, -0.15) is 0 Å². The van der Waals surface area contributed by atoms with E-state index >= 15 is 0 Å². The Kier molecular flexibility index (Phi) is 2.23. The Morgan fingerprint density at radius 2 is 2.06 bits per heavy atom. The Morgan fingerprint density at radius 1 is 1.38 bits per heavy atom. The van der Waals surface area contributed by atoms with Gasteiger partial charge >= 0.3 is 0 Å². The lowest BCUT2D eigenvalue weighted by atomic mass is 10.1. The molecule has 1 aromatic heterocycles. The summed E-state index contributed by atoms with van der Waals surface area (Å²) >= 11 is 0. The van der Waals surface area contributed by atoms with Crippen molar-refractivity contribution in [1.82, 2.24) is 4.57 Å². The summed E-state index contributed by atoms with van der Waals surface area (Å²) in [5, 5.41) is 11.0. The molecule has 1 heterocycles. The highest BCUT2D eigenvalue weighted by atomic mass is 16.6. The molecule has 0 aliphatic rings. The van der Waals surface area contributed by atoms with Crippen LogP contribution < -0.4 is 5.43 Å². The van der Waals surface area contributed by atoms with Gasteiger partial charge in [0.25, 0.3) is 5.69 Å². The molecule has 0 N–H and O–H groups in total. The zero-order valence-corrected chi connectivity index (χ0v) is 8.93. The lowest BCUT2D eigenvalue weighted by molar-refractivity contribution is -0.383. The molecular weight excluding hydrogens is 208 g/mol. The number of pyridine rings is 1. The third kappa shape index (κ3) is 1.37.